The zero-order valence-corrected chi connectivity index (χ0v) is 11.3. The molecule has 5 nitrogen and oxygen atoms in total. The van der Waals surface area contributed by atoms with Gasteiger partial charge >= 0.3 is 0 Å². The van der Waals surface area contributed by atoms with Gasteiger partial charge in [-0.2, -0.15) is 0 Å². The van der Waals surface area contributed by atoms with Crippen LogP contribution in [0.2, 0.25) is 0 Å². The largest absolute Gasteiger partial charge is 0.496 e. The van der Waals surface area contributed by atoms with E-state index in [4.69, 9.17) is 10.5 Å². The fourth-order valence-corrected chi connectivity index (χ4v) is 2.25. The Kier molecular flexibility index (Phi) is 3.66. The summed E-state index contributed by atoms with van der Waals surface area (Å²) in [5, 5.41) is 9.91. The molecule has 19 heavy (non-hydrogen) atoms. The van der Waals surface area contributed by atoms with Crippen LogP contribution in [0.5, 0.6) is 5.75 Å². The van der Waals surface area contributed by atoms with Gasteiger partial charge < -0.3 is 20.5 Å². The number of ether oxygens (including phenoxy) is 1. The highest BCUT2D eigenvalue weighted by molar-refractivity contribution is 5.97. The molecule has 0 spiro atoms. The van der Waals surface area contributed by atoms with Crippen molar-refractivity contribution in [3.8, 4) is 5.75 Å². The van der Waals surface area contributed by atoms with Gasteiger partial charge in [-0.15, -0.1) is 0 Å². The van der Waals surface area contributed by atoms with Crippen LogP contribution in [0.4, 0.5) is 5.69 Å². The molecule has 0 aromatic heterocycles. The molecule has 1 aliphatic heterocycles. The molecule has 0 radical (unpaired) electrons. The lowest BCUT2D eigenvalue weighted by Crippen LogP contribution is -2.45. The van der Waals surface area contributed by atoms with E-state index >= 15 is 0 Å². The molecule has 1 aromatic rings. The van der Waals surface area contributed by atoms with E-state index in [9.17, 15) is 9.90 Å². The number of anilines is 1. The second-order valence-electron chi connectivity index (χ2n) is 5.25. The van der Waals surface area contributed by atoms with Crippen molar-refractivity contribution in [2.45, 2.75) is 25.4 Å². The van der Waals surface area contributed by atoms with E-state index in [0.717, 1.165) is 0 Å². The predicted molar refractivity (Wildman–Crippen MR) is 73.2 cm³/mol. The minimum atomic E-state index is -0.670. The van der Waals surface area contributed by atoms with E-state index < -0.39 is 5.60 Å². The first-order chi connectivity index (χ1) is 8.93. The van der Waals surface area contributed by atoms with Gasteiger partial charge in [-0.1, -0.05) is 0 Å². The van der Waals surface area contributed by atoms with Crippen molar-refractivity contribution in [2.75, 3.05) is 25.9 Å². The molecule has 1 heterocycles. The van der Waals surface area contributed by atoms with Gasteiger partial charge in [-0.05, 0) is 38.0 Å². The molecule has 0 saturated carbocycles. The van der Waals surface area contributed by atoms with Gasteiger partial charge in [-0.3, -0.25) is 4.79 Å². The van der Waals surface area contributed by atoms with Crippen LogP contribution in [0, 0.1) is 0 Å². The monoisotopic (exact) mass is 264 g/mol. The molecule has 1 amide bonds. The van der Waals surface area contributed by atoms with Crippen molar-refractivity contribution < 1.29 is 14.6 Å². The van der Waals surface area contributed by atoms with Gasteiger partial charge in [0.05, 0.1) is 18.3 Å². The summed E-state index contributed by atoms with van der Waals surface area (Å²) < 4.78 is 5.20. The van der Waals surface area contributed by atoms with Crippen molar-refractivity contribution in [1.82, 2.24) is 4.90 Å². The standard InChI is InChI=1S/C14H20N2O3/c1-14(18)5-7-16(8-6-14)13(17)11-9-10(15)3-4-12(11)19-2/h3-4,9,18H,5-8,15H2,1-2H3. The summed E-state index contributed by atoms with van der Waals surface area (Å²) in [5.41, 5.74) is 6.07. The Morgan fingerprint density at radius 3 is 2.63 bits per heavy atom. The van der Waals surface area contributed by atoms with E-state index in [2.05, 4.69) is 0 Å². The van der Waals surface area contributed by atoms with Crippen LogP contribution < -0.4 is 10.5 Å². The number of nitrogens with two attached hydrogens (primary N) is 1. The summed E-state index contributed by atoms with van der Waals surface area (Å²) >= 11 is 0. The van der Waals surface area contributed by atoms with Gasteiger partial charge in [0.15, 0.2) is 0 Å². The number of piperidine rings is 1. The van der Waals surface area contributed by atoms with Crippen LogP contribution in [0.3, 0.4) is 0 Å². The molecule has 0 bridgehead atoms. The molecule has 0 atom stereocenters. The lowest BCUT2D eigenvalue weighted by atomic mass is 9.93. The topological polar surface area (TPSA) is 75.8 Å². The van der Waals surface area contributed by atoms with E-state index in [-0.39, 0.29) is 5.91 Å². The first-order valence-electron chi connectivity index (χ1n) is 6.38. The Bertz CT molecular complexity index is 476. The molecule has 1 fully saturated rings. The molecular formula is C14H20N2O3. The van der Waals surface area contributed by atoms with Crippen molar-refractivity contribution in [3.63, 3.8) is 0 Å². The number of hydrogen-bond donors (Lipinski definition) is 2. The van der Waals surface area contributed by atoms with Gasteiger partial charge in [0.25, 0.3) is 5.91 Å². The summed E-state index contributed by atoms with van der Waals surface area (Å²) in [7, 11) is 1.53. The summed E-state index contributed by atoms with van der Waals surface area (Å²) in [6.45, 7) is 2.89. The maximum Gasteiger partial charge on any atom is 0.257 e. The Labute approximate surface area is 113 Å². The Hall–Kier alpha value is -1.75. The van der Waals surface area contributed by atoms with Gasteiger partial charge in [0.1, 0.15) is 5.75 Å². The van der Waals surface area contributed by atoms with Crippen LogP contribution in [-0.4, -0.2) is 41.7 Å². The van der Waals surface area contributed by atoms with Crippen LogP contribution >= 0.6 is 0 Å². The van der Waals surface area contributed by atoms with Crippen LogP contribution in [0.15, 0.2) is 18.2 Å². The average Bonchev–Trinajstić information content (AvgIpc) is 2.38. The number of carbonyl (C=O) groups is 1. The first-order valence-corrected chi connectivity index (χ1v) is 6.38. The van der Waals surface area contributed by atoms with Gasteiger partial charge in [-0.25, -0.2) is 0 Å². The number of benzene rings is 1. The molecule has 104 valence electrons. The number of rotatable bonds is 2. The first kappa shape index (κ1) is 13.7. The number of likely N-dealkylation sites (tertiary alicyclic amines) is 1. The van der Waals surface area contributed by atoms with Crippen molar-refractivity contribution in [2.24, 2.45) is 0 Å². The molecule has 1 aromatic carbocycles. The molecular weight excluding hydrogens is 244 g/mol. The number of carbonyl (C=O) groups excluding carboxylic acids is 1. The van der Waals surface area contributed by atoms with Crippen LogP contribution in [0.1, 0.15) is 30.1 Å². The summed E-state index contributed by atoms with van der Waals surface area (Å²) in [6, 6.07) is 5.03. The van der Waals surface area contributed by atoms with Crippen LogP contribution in [0.25, 0.3) is 0 Å². The highest BCUT2D eigenvalue weighted by atomic mass is 16.5. The highest BCUT2D eigenvalue weighted by Gasteiger charge is 2.30. The number of hydrogen-bond acceptors (Lipinski definition) is 4. The SMILES string of the molecule is COc1ccc(N)cc1C(=O)N1CCC(C)(O)CC1. The quantitative estimate of drug-likeness (QED) is 0.789. The average molecular weight is 264 g/mol. The van der Waals surface area contributed by atoms with Crippen molar-refractivity contribution >= 4 is 11.6 Å². The summed E-state index contributed by atoms with van der Waals surface area (Å²) in [6.07, 6.45) is 1.17. The zero-order chi connectivity index (χ0) is 14.0. The second kappa shape index (κ2) is 5.09. The third-order valence-electron chi connectivity index (χ3n) is 3.58. The molecule has 5 heteroatoms. The summed E-state index contributed by atoms with van der Waals surface area (Å²) in [5.74, 6) is 0.427. The molecule has 3 N–H and O–H groups in total. The van der Waals surface area contributed by atoms with Crippen molar-refractivity contribution in [1.29, 1.82) is 0 Å². The molecule has 2 rings (SSSR count). The van der Waals surface area contributed by atoms with E-state index in [1.165, 1.54) is 7.11 Å². The third kappa shape index (κ3) is 2.98. The third-order valence-corrected chi connectivity index (χ3v) is 3.58. The molecule has 1 aliphatic rings. The molecule has 1 saturated heterocycles. The van der Waals surface area contributed by atoms with E-state index in [1.807, 2.05) is 0 Å². The van der Waals surface area contributed by atoms with Gasteiger partial charge in [0, 0.05) is 18.8 Å². The number of amides is 1. The lowest BCUT2D eigenvalue weighted by Gasteiger charge is -2.36. The maximum atomic E-state index is 12.5. The Balaban J connectivity index is 2.18. The van der Waals surface area contributed by atoms with E-state index in [0.29, 0.717) is 42.9 Å². The number of aliphatic hydroxyl groups is 1. The fraction of sp³-hybridized carbons (Fsp3) is 0.500. The predicted octanol–water partition coefficient (Wildman–Crippen LogP) is 1.26. The fourth-order valence-electron chi connectivity index (χ4n) is 2.25. The summed E-state index contributed by atoms with van der Waals surface area (Å²) in [4.78, 5) is 14.2. The Morgan fingerprint density at radius 1 is 1.42 bits per heavy atom. The number of nitrogen functional groups attached to an aromatic ring is 1. The maximum absolute atomic E-state index is 12.5. The number of nitrogens with zero attached hydrogens (tertiary/aromatic N) is 1. The smallest absolute Gasteiger partial charge is 0.257 e. The minimum absolute atomic E-state index is 0.0975. The Morgan fingerprint density at radius 2 is 2.05 bits per heavy atom. The van der Waals surface area contributed by atoms with Crippen LogP contribution in [-0.2, 0) is 0 Å². The molecule has 0 unspecified atom stereocenters. The number of methoxy groups -OCH3 is 1. The second-order valence-corrected chi connectivity index (χ2v) is 5.25. The highest BCUT2D eigenvalue weighted by Crippen LogP contribution is 2.26. The van der Waals surface area contributed by atoms with E-state index in [1.54, 1.807) is 30.0 Å². The van der Waals surface area contributed by atoms with Gasteiger partial charge in [0.2, 0.25) is 0 Å². The van der Waals surface area contributed by atoms with Crippen molar-refractivity contribution in [3.05, 3.63) is 23.8 Å². The lowest BCUT2D eigenvalue weighted by molar-refractivity contribution is -0.00208. The minimum Gasteiger partial charge on any atom is -0.496 e. The zero-order valence-electron chi connectivity index (χ0n) is 11.3. The molecule has 0 aliphatic carbocycles. The normalized spacial score (nSPS) is 18.2.